The van der Waals surface area contributed by atoms with Crippen LogP contribution in [-0.4, -0.2) is 63.3 Å². The number of methoxy groups -OCH3 is 1. The molecule has 1 saturated carbocycles. The van der Waals surface area contributed by atoms with Gasteiger partial charge in [0.15, 0.2) is 0 Å². The van der Waals surface area contributed by atoms with E-state index in [4.69, 9.17) is 25.0 Å². The van der Waals surface area contributed by atoms with Crippen LogP contribution in [0.2, 0.25) is 0 Å². The number of hydrogen-bond donors (Lipinski definition) is 3. The number of halogens is 2. The van der Waals surface area contributed by atoms with Crippen LogP contribution in [0.25, 0.3) is 5.57 Å². The molecule has 1 heterocycles. The molecule has 3 N–H and O–H groups in total. The molecule has 0 spiro atoms. The third kappa shape index (κ3) is 6.66. The summed E-state index contributed by atoms with van der Waals surface area (Å²) in [5.74, 6) is -0.588. The van der Waals surface area contributed by atoms with Crippen molar-refractivity contribution in [1.82, 2.24) is 10.2 Å². The maximum Gasteiger partial charge on any atom is 0.387 e. The van der Waals surface area contributed by atoms with Crippen LogP contribution in [0.15, 0.2) is 29.6 Å². The van der Waals surface area contributed by atoms with Gasteiger partial charge in [0.05, 0.1) is 7.11 Å². The van der Waals surface area contributed by atoms with Crippen LogP contribution in [0.4, 0.5) is 8.78 Å². The van der Waals surface area contributed by atoms with Crippen molar-refractivity contribution in [3.8, 4) is 11.5 Å². The minimum Gasteiger partial charge on any atom is -0.496 e. The van der Waals surface area contributed by atoms with Crippen LogP contribution in [0.1, 0.15) is 48.5 Å². The second-order valence-corrected chi connectivity index (χ2v) is 8.59. The molecule has 3 rings (SSSR count). The number of benzene rings is 1. The van der Waals surface area contributed by atoms with Gasteiger partial charge >= 0.3 is 6.61 Å². The second kappa shape index (κ2) is 11.9. The zero-order valence-corrected chi connectivity index (χ0v) is 20.2. The Morgan fingerprint density at radius 2 is 1.83 bits per heavy atom. The number of carbonyl (C=O) groups is 1. The summed E-state index contributed by atoms with van der Waals surface area (Å²) >= 11 is 0. The van der Waals surface area contributed by atoms with Crippen molar-refractivity contribution in [3.63, 3.8) is 0 Å². The van der Waals surface area contributed by atoms with Gasteiger partial charge in [-0.3, -0.25) is 4.79 Å². The molecule has 2 aliphatic rings. The van der Waals surface area contributed by atoms with E-state index in [1.54, 1.807) is 18.9 Å². The number of alkyl halides is 2. The first-order chi connectivity index (χ1) is 16.8. The van der Waals surface area contributed by atoms with Crippen molar-refractivity contribution >= 4 is 23.9 Å². The van der Waals surface area contributed by atoms with Crippen LogP contribution in [0, 0.1) is 16.7 Å². The summed E-state index contributed by atoms with van der Waals surface area (Å²) in [6, 6.07) is 2.88. The SMILES string of the molecule is COc1cc(/C(C=N)=C(\C)N(C)/C=C(\C=N)C2CCOCC2)cc(OC(F)F)c1C(=O)NC1CC1. The Labute approximate surface area is 203 Å². The Morgan fingerprint density at radius 1 is 1.17 bits per heavy atom. The number of hydrogen-bond acceptors (Lipinski definition) is 7. The van der Waals surface area contributed by atoms with Crippen molar-refractivity contribution in [3.05, 3.63) is 40.7 Å². The summed E-state index contributed by atoms with van der Waals surface area (Å²) in [5, 5.41) is 18.6. The molecule has 0 unspecified atom stereocenters. The number of amides is 1. The Bertz CT molecular complexity index is 1010. The van der Waals surface area contributed by atoms with Gasteiger partial charge in [-0.25, -0.2) is 0 Å². The van der Waals surface area contributed by atoms with Gasteiger partial charge in [-0.1, -0.05) is 0 Å². The maximum absolute atomic E-state index is 13.2. The van der Waals surface area contributed by atoms with Crippen LogP contribution in [0.3, 0.4) is 0 Å². The predicted octanol–water partition coefficient (Wildman–Crippen LogP) is 4.46. The first-order valence-electron chi connectivity index (χ1n) is 11.5. The fourth-order valence-corrected chi connectivity index (χ4v) is 4.00. The number of nitrogens with zero attached hydrogens (tertiary/aromatic N) is 1. The lowest BCUT2D eigenvalue weighted by molar-refractivity contribution is -0.0502. The first-order valence-corrected chi connectivity index (χ1v) is 11.5. The molecular formula is C25H32F2N4O4. The van der Waals surface area contributed by atoms with Crippen LogP contribution < -0.4 is 14.8 Å². The second-order valence-electron chi connectivity index (χ2n) is 8.59. The maximum atomic E-state index is 13.2. The highest BCUT2D eigenvalue weighted by molar-refractivity contribution is 6.10. The monoisotopic (exact) mass is 490 g/mol. The van der Waals surface area contributed by atoms with Crippen molar-refractivity contribution in [1.29, 1.82) is 10.8 Å². The summed E-state index contributed by atoms with van der Waals surface area (Å²) in [6.07, 6.45) is 7.60. The number of rotatable bonds is 11. The van der Waals surface area contributed by atoms with E-state index in [1.165, 1.54) is 25.5 Å². The van der Waals surface area contributed by atoms with Crippen molar-refractivity contribution < 1.29 is 27.8 Å². The van der Waals surface area contributed by atoms with Gasteiger partial charge in [-0.2, -0.15) is 8.78 Å². The Hall–Kier alpha value is -3.27. The number of ether oxygens (including phenoxy) is 3. The quantitative estimate of drug-likeness (QED) is 0.397. The number of nitrogens with one attached hydrogen (secondary N) is 3. The van der Waals surface area contributed by atoms with Crippen LogP contribution >= 0.6 is 0 Å². The molecule has 1 aliphatic heterocycles. The molecule has 10 heteroatoms. The molecular weight excluding hydrogens is 458 g/mol. The highest BCUT2D eigenvalue weighted by Gasteiger charge is 2.29. The lowest BCUT2D eigenvalue weighted by Gasteiger charge is -2.26. The van der Waals surface area contributed by atoms with E-state index in [9.17, 15) is 13.6 Å². The summed E-state index contributed by atoms with van der Waals surface area (Å²) in [6.45, 7) is -0.0618. The Kier molecular flexibility index (Phi) is 8.97. The van der Waals surface area contributed by atoms with Crippen LogP contribution in [0.5, 0.6) is 11.5 Å². The van der Waals surface area contributed by atoms with Crippen molar-refractivity contribution in [2.45, 2.75) is 45.3 Å². The van der Waals surface area contributed by atoms with E-state index in [0.717, 1.165) is 37.5 Å². The minimum atomic E-state index is -3.14. The first kappa shape index (κ1) is 26.3. The molecule has 1 aromatic rings. The van der Waals surface area contributed by atoms with E-state index in [1.807, 2.05) is 6.20 Å². The largest absolute Gasteiger partial charge is 0.496 e. The molecule has 8 nitrogen and oxygen atoms in total. The number of carbonyl (C=O) groups excluding carboxylic acids is 1. The van der Waals surface area contributed by atoms with Crippen molar-refractivity contribution in [2.75, 3.05) is 27.4 Å². The minimum absolute atomic E-state index is 0.0183. The third-order valence-corrected chi connectivity index (χ3v) is 6.22. The van der Waals surface area contributed by atoms with Crippen LogP contribution in [-0.2, 0) is 4.74 Å². The van der Waals surface area contributed by atoms with Gasteiger partial charge in [0.2, 0.25) is 0 Å². The van der Waals surface area contributed by atoms with E-state index >= 15 is 0 Å². The number of allylic oxidation sites excluding steroid dienone is 3. The van der Waals surface area contributed by atoms with Gasteiger partial charge < -0.3 is 35.2 Å². The Morgan fingerprint density at radius 3 is 2.37 bits per heavy atom. The molecule has 190 valence electrons. The summed E-state index contributed by atoms with van der Waals surface area (Å²) in [7, 11) is 3.14. The van der Waals surface area contributed by atoms with E-state index in [-0.39, 0.29) is 29.0 Å². The molecule has 1 amide bonds. The average molecular weight is 491 g/mol. The topological polar surface area (TPSA) is 108 Å². The molecule has 0 atom stereocenters. The smallest absolute Gasteiger partial charge is 0.387 e. The standard InChI is InChI=1S/C25H32F2N4O4/c1-15(31(2)14-18(12-28)16-6-8-34-9-7-16)20(13-29)17-10-21(33-3)23(22(11-17)35-25(26)27)24(32)30-19-4-5-19/h10-14,16,19,25,28-29H,4-9H2,1-3H3,(H,30,32)/b18-14+,20-15+,28-12?,29-13?. The summed E-state index contributed by atoms with van der Waals surface area (Å²) < 4.78 is 42.0. The molecule has 0 bridgehead atoms. The molecule has 0 radical (unpaired) electrons. The van der Waals surface area contributed by atoms with Crippen molar-refractivity contribution in [2.24, 2.45) is 5.92 Å². The molecule has 0 aromatic heterocycles. The highest BCUT2D eigenvalue weighted by Crippen LogP contribution is 2.36. The lowest BCUT2D eigenvalue weighted by Crippen LogP contribution is -2.27. The Balaban J connectivity index is 2.02. The summed E-state index contributed by atoms with van der Waals surface area (Å²) in [4.78, 5) is 14.6. The highest BCUT2D eigenvalue weighted by atomic mass is 19.3. The van der Waals surface area contributed by atoms with Gasteiger partial charge in [0, 0.05) is 56.2 Å². The fraction of sp³-hybridized carbons (Fsp3) is 0.480. The summed E-state index contributed by atoms with van der Waals surface area (Å²) in [5.41, 5.74) is 2.18. The molecule has 1 aromatic carbocycles. The average Bonchev–Trinajstić information content (AvgIpc) is 3.66. The van der Waals surface area contributed by atoms with Gasteiger partial charge in [0.1, 0.15) is 17.1 Å². The van der Waals surface area contributed by atoms with Gasteiger partial charge in [-0.05, 0) is 61.8 Å². The zero-order chi connectivity index (χ0) is 25.5. The van der Waals surface area contributed by atoms with E-state index in [2.05, 4.69) is 5.32 Å². The van der Waals surface area contributed by atoms with E-state index < -0.39 is 12.5 Å². The molecule has 1 saturated heterocycles. The van der Waals surface area contributed by atoms with E-state index in [0.29, 0.717) is 30.0 Å². The lowest BCUT2D eigenvalue weighted by atomic mass is 9.92. The fourth-order valence-electron chi connectivity index (χ4n) is 4.00. The molecule has 35 heavy (non-hydrogen) atoms. The normalized spacial score (nSPS) is 17.5. The molecule has 1 aliphatic carbocycles. The predicted molar refractivity (Wildman–Crippen MR) is 130 cm³/mol. The zero-order valence-electron chi connectivity index (χ0n) is 20.2. The molecule has 2 fully saturated rings. The van der Waals surface area contributed by atoms with Gasteiger partial charge in [0.25, 0.3) is 5.91 Å². The third-order valence-electron chi connectivity index (χ3n) is 6.22. The van der Waals surface area contributed by atoms with Gasteiger partial charge in [-0.15, -0.1) is 0 Å².